The number of carbonyl (C=O) groups excluding carboxylic acids is 2. The van der Waals surface area contributed by atoms with E-state index in [9.17, 15) is 9.59 Å². The van der Waals surface area contributed by atoms with Gasteiger partial charge in [0.2, 0.25) is 0 Å². The number of esters is 1. The van der Waals surface area contributed by atoms with Gasteiger partial charge in [-0.05, 0) is 68.3 Å². The Hall–Kier alpha value is -3.53. The first-order valence-electron chi connectivity index (χ1n) is 10.5. The SMILES string of the molecule is C[C@H](Oc1ccc(C#N)cc1)C(=O)OCC(=O)Nc1ccc(N2CCCCCC2)cc1. The summed E-state index contributed by atoms with van der Waals surface area (Å²) in [5.41, 5.74) is 2.31. The van der Waals surface area contributed by atoms with Crippen molar-refractivity contribution in [1.82, 2.24) is 0 Å². The van der Waals surface area contributed by atoms with E-state index >= 15 is 0 Å². The molecule has 0 aromatic heterocycles. The van der Waals surface area contributed by atoms with Gasteiger partial charge in [-0.2, -0.15) is 5.26 Å². The van der Waals surface area contributed by atoms with Crippen molar-refractivity contribution in [2.45, 2.75) is 38.7 Å². The Labute approximate surface area is 182 Å². The lowest BCUT2D eigenvalue weighted by Gasteiger charge is -2.22. The molecule has 162 valence electrons. The number of amides is 1. The lowest BCUT2D eigenvalue weighted by atomic mass is 10.2. The molecule has 2 aromatic carbocycles. The number of hydrogen-bond donors (Lipinski definition) is 1. The van der Waals surface area contributed by atoms with Crippen LogP contribution < -0.4 is 15.0 Å². The van der Waals surface area contributed by atoms with Crippen molar-refractivity contribution >= 4 is 23.3 Å². The Morgan fingerprint density at radius 3 is 2.29 bits per heavy atom. The highest BCUT2D eigenvalue weighted by Gasteiger charge is 2.18. The molecule has 1 aliphatic heterocycles. The highest BCUT2D eigenvalue weighted by molar-refractivity contribution is 5.93. The van der Waals surface area contributed by atoms with Crippen molar-refractivity contribution in [2.75, 3.05) is 29.9 Å². The van der Waals surface area contributed by atoms with Gasteiger partial charge in [0, 0.05) is 24.5 Å². The molecule has 0 bridgehead atoms. The van der Waals surface area contributed by atoms with E-state index in [0.29, 0.717) is 17.0 Å². The number of nitriles is 1. The van der Waals surface area contributed by atoms with Gasteiger partial charge in [0.05, 0.1) is 11.6 Å². The zero-order valence-corrected chi connectivity index (χ0v) is 17.7. The second kappa shape index (κ2) is 11.0. The molecule has 0 radical (unpaired) electrons. The van der Waals surface area contributed by atoms with Crippen molar-refractivity contribution in [1.29, 1.82) is 5.26 Å². The van der Waals surface area contributed by atoms with Crippen LogP contribution in [0.15, 0.2) is 48.5 Å². The molecule has 31 heavy (non-hydrogen) atoms. The first-order chi connectivity index (χ1) is 15.0. The third-order valence-electron chi connectivity index (χ3n) is 5.10. The van der Waals surface area contributed by atoms with Crippen LogP contribution in [0.5, 0.6) is 5.75 Å². The van der Waals surface area contributed by atoms with Gasteiger partial charge in [0.25, 0.3) is 5.91 Å². The van der Waals surface area contributed by atoms with Crippen LogP contribution in [-0.4, -0.2) is 37.7 Å². The molecule has 3 rings (SSSR count). The second-order valence-corrected chi connectivity index (χ2v) is 7.50. The molecule has 0 spiro atoms. The lowest BCUT2D eigenvalue weighted by molar-refractivity contribution is -0.153. The van der Waals surface area contributed by atoms with Crippen molar-refractivity contribution in [2.24, 2.45) is 0 Å². The predicted octanol–water partition coefficient (Wildman–Crippen LogP) is 3.89. The molecular formula is C24H27N3O4. The summed E-state index contributed by atoms with van der Waals surface area (Å²) in [6, 6.07) is 16.1. The quantitative estimate of drug-likeness (QED) is 0.682. The van der Waals surface area contributed by atoms with Gasteiger partial charge in [-0.1, -0.05) is 12.8 Å². The maximum absolute atomic E-state index is 12.1. The molecular weight excluding hydrogens is 394 g/mol. The molecule has 0 saturated carbocycles. The van der Waals surface area contributed by atoms with Crippen LogP contribution in [0.2, 0.25) is 0 Å². The molecule has 1 aliphatic rings. The van der Waals surface area contributed by atoms with E-state index in [1.54, 1.807) is 31.2 Å². The molecule has 1 saturated heterocycles. The first-order valence-corrected chi connectivity index (χ1v) is 10.5. The zero-order chi connectivity index (χ0) is 22.1. The Balaban J connectivity index is 1.43. The predicted molar refractivity (Wildman–Crippen MR) is 118 cm³/mol. The van der Waals surface area contributed by atoms with Gasteiger partial charge in [0.1, 0.15) is 5.75 Å². The van der Waals surface area contributed by atoms with E-state index in [-0.39, 0.29) is 0 Å². The zero-order valence-electron chi connectivity index (χ0n) is 17.7. The van der Waals surface area contributed by atoms with Crippen LogP contribution in [-0.2, 0) is 14.3 Å². The van der Waals surface area contributed by atoms with E-state index in [1.807, 2.05) is 30.3 Å². The van der Waals surface area contributed by atoms with E-state index in [4.69, 9.17) is 14.7 Å². The largest absolute Gasteiger partial charge is 0.479 e. The molecule has 1 atom stereocenters. The normalized spacial score (nSPS) is 14.6. The highest BCUT2D eigenvalue weighted by atomic mass is 16.6. The van der Waals surface area contributed by atoms with Crippen LogP contribution in [0.1, 0.15) is 38.2 Å². The van der Waals surface area contributed by atoms with Crippen molar-refractivity contribution in [3.05, 3.63) is 54.1 Å². The van der Waals surface area contributed by atoms with Crippen molar-refractivity contribution in [3.8, 4) is 11.8 Å². The van der Waals surface area contributed by atoms with Gasteiger partial charge in [-0.15, -0.1) is 0 Å². The van der Waals surface area contributed by atoms with Gasteiger partial charge in [-0.3, -0.25) is 4.79 Å². The Bertz CT molecular complexity index is 911. The minimum atomic E-state index is -0.881. The maximum Gasteiger partial charge on any atom is 0.347 e. The molecule has 0 unspecified atom stereocenters. The molecule has 1 amide bonds. The van der Waals surface area contributed by atoms with E-state index < -0.39 is 24.6 Å². The number of carbonyl (C=O) groups is 2. The van der Waals surface area contributed by atoms with E-state index in [2.05, 4.69) is 10.2 Å². The van der Waals surface area contributed by atoms with Crippen LogP contribution in [0, 0.1) is 11.3 Å². The Morgan fingerprint density at radius 1 is 1.03 bits per heavy atom. The number of nitrogens with one attached hydrogen (secondary N) is 1. The Morgan fingerprint density at radius 2 is 1.68 bits per heavy atom. The summed E-state index contributed by atoms with van der Waals surface area (Å²) in [7, 11) is 0. The van der Waals surface area contributed by atoms with Gasteiger partial charge < -0.3 is 19.7 Å². The summed E-state index contributed by atoms with van der Waals surface area (Å²) < 4.78 is 10.5. The summed E-state index contributed by atoms with van der Waals surface area (Å²) in [5.74, 6) is -0.616. The standard InChI is InChI=1S/C24H27N3O4/c1-18(31-22-12-6-19(16-25)7-13-22)24(29)30-17-23(28)26-20-8-10-21(11-9-20)27-14-4-2-3-5-15-27/h6-13,18H,2-5,14-15,17H2,1H3,(H,26,28)/t18-/m0/s1. The summed E-state index contributed by atoms with van der Waals surface area (Å²) in [6.07, 6.45) is 4.09. The fourth-order valence-electron chi connectivity index (χ4n) is 3.40. The maximum atomic E-state index is 12.1. The van der Waals surface area contributed by atoms with Gasteiger partial charge in [0.15, 0.2) is 12.7 Å². The number of ether oxygens (including phenoxy) is 2. The average molecular weight is 421 g/mol. The van der Waals surface area contributed by atoms with Crippen LogP contribution in [0.25, 0.3) is 0 Å². The van der Waals surface area contributed by atoms with Gasteiger partial charge in [-0.25, -0.2) is 4.79 Å². The summed E-state index contributed by atoms with van der Waals surface area (Å²) >= 11 is 0. The topological polar surface area (TPSA) is 91.7 Å². The summed E-state index contributed by atoms with van der Waals surface area (Å²) in [6.45, 7) is 3.27. The number of hydrogen-bond acceptors (Lipinski definition) is 6. The molecule has 0 aliphatic carbocycles. The molecule has 7 heteroatoms. The minimum absolute atomic E-state index is 0.395. The number of rotatable bonds is 7. The average Bonchev–Trinajstić information content (AvgIpc) is 3.08. The molecule has 2 aromatic rings. The highest BCUT2D eigenvalue weighted by Crippen LogP contribution is 2.21. The van der Waals surface area contributed by atoms with Crippen molar-refractivity contribution < 1.29 is 19.1 Å². The van der Waals surface area contributed by atoms with E-state index in [0.717, 1.165) is 18.8 Å². The van der Waals surface area contributed by atoms with Gasteiger partial charge >= 0.3 is 5.97 Å². The molecule has 7 nitrogen and oxygen atoms in total. The third-order valence-corrected chi connectivity index (χ3v) is 5.10. The summed E-state index contributed by atoms with van der Waals surface area (Å²) in [4.78, 5) is 26.6. The monoisotopic (exact) mass is 421 g/mol. The fraction of sp³-hybridized carbons (Fsp3) is 0.375. The Kier molecular flexibility index (Phi) is 7.88. The van der Waals surface area contributed by atoms with Crippen molar-refractivity contribution in [3.63, 3.8) is 0 Å². The smallest absolute Gasteiger partial charge is 0.347 e. The molecule has 1 N–H and O–H groups in total. The summed E-state index contributed by atoms with van der Waals surface area (Å²) in [5, 5.41) is 11.5. The number of anilines is 2. The van der Waals surface area contributed by atoms with Crippen LogP contribution in [0.3, 0.4) is 0 Å². The lowest BCUT2D eigenvalue weighted by Crippen LogP contribution is -2.29. The molecule has 1 fully saturated rings. The van der Waals surface area contributed by atoms with Crippen LogP contribution >= 0.6 is 0 Å². The number of benzene rings is 2. The van der Waals surface area contributed by atoms with Crippen LogP contribution in [0.4, 0.5) is 11.4 Å². The van der Waals surface area contributed by atoms with E-state index in [1.165, 1.54) is 25.7 Å². The fourth-order valence-corrected chi connectivity index (χ4v) is 3.40. The minimum Gasteiger partial charge on any atom is -0.479 e. The first kappa shape index (κ1) is 22.2. The molecule has 1 heterocycles. The number of nitrogens with zero attached hydrogens (tertiary/aromatic N) is 2. The third kappa shape index (κ3) is 6.75. The second-order valence-electron chi connectivity index (χ2n) is 7.50.